The van der Waals surface area contributed by atoms with Crippen LogP contribution in [0.2, 0.25) is 0 Å². The quantitative estimate of drug-likeness (QED) is 0.798. The highest BCUT2D eigenvalue weighted by Crippen LogP contribution is 2.10. The first kappa shape index (κ1) is 18.4. The SMILES string of the molecule is CNC(=O)C1CN(C)CCN(C(=O)CN(C)Cc2cccnc2)C1. The van der Waals surface area contributed by atoms with Crippen molar-refractivity contribution in [3.05, 3.63) is 30.1 Å². The average Bonchev–Trinajstić information content (AvgIpc) is 2.77. The molecule has 7 nitrogen and oxygen atoms in total. The highest BCUT2D eigenvalue weighted by atomic mass is 16.2. The van der Waals surface area contributed by atoms with Crippen molar-refractivity contribution in [2.75, 3.05) is 53.9 Å². The first-order valence-corrected chi connectivity index (χ1v) is 8.25. The molecule has 1 atom stereocenters. The number of hydrogen-bond acceptors (Lipinski definition) is 5. The minimum atomic E-state index is -0.185. The Hall–Kier alpha value is -1.99. The van der Waals surface area contributed by atoms with Gasteiger partial charge in [0, 0.05) is 52.2 Å². The Morgan fingerprint density at radius 1 is 1.38 bits per heavy atom. The van der Waals surface area contributed by atoms with Crippen LogP contribution in [0.3, 0.4) is 0 Å². The van der Waals surface area contributed by atoms with Crippen LogP contribution in [-0.2, 0) is 16.1 Å². The summed E-state index contributed by atoms with van der Waals surface area (Å²) in [5, 5.41) is 2.70. The van der Waals surface area contributed by atoms with Crippen LogP contribution in [0.4, 0.5) is 0 Å². The lowest BCUT2D eigenvalue weighted by Gasteiger charge is -2.26. The van der Waals surface area contributed by atoms with Crippen LogP contribution < -0.4 is 5.32 Å². The van der Waals surface area contributed by atoms with Crippen molar-refractivity contribution in [2.45, 2.75) is 6.54 Å². The molecule has 1 saturated heterocycles. The summed E-state index contributed by atoms with van der Waals surface area (Å²) >= 11 is 0. The number of nitrogens with zero attached hydrogens (tertiary/aromatic N) is 4. The van der Waals surface area contributed by atoms with E-state index >= 15 is 0 Å². The average molecular weight is 333 g/mol. The van der Waals surface area contributed by atoms with Crippen molar-refractivity contribution < 1.29 is 9.59 Å². The zero-order valence-electron chi connectivity index (χ0n) is 14.7. The molecule has 1 unspecified atom stereocenters. The smallest absolute Gasteiger partial charge is 0.236 e. The molecule has 1 fully saturated rings. The third-order valence-corrected chi connectivity index (χ3v) is 4.27. The van der Waals surface area contributed by atoms with Gasteiger partial charge >= 0.3 is 0 Å². The summed E-state index contributed by atoms with van der Waals surface area (Å²) in [5.74, 6) is -0.133. The molecule has 0 saturated carbocycles. The van der Waals surface area contributed by atoms with Gasteiger partial charge in [0.25, 0.3) is 0 Å². The zero-order chi connectivity index (χ0) is 17.5. The first-order chi connectivity index (χ1) is 11.5. The molecule has 7 heteroatoms. The van der Waals surface area contributed by atoms with E-state index in [0.717, 1.165) is 12.1 Å². The monoisotopic (exact) mass is 333 g/mol. The molecule has 1 aromatic rings. The maximum absolute atomic E-state index is 12.6. The van der Waals surface area contributed by atoms with E-state index in [4.69, 9.17) is 0 Å². The number of likely N-dealkylation sites (N-methyl/N-ethyl adjacent to an activating group) is 2. The number of aromatic nitrogens is 1. The fraction of sp³-hybridized carbons (Fsp3) is 0.588. The fourth-order valence-corrected chi connectivity index (χ4v) is 2.96. The van der Waals surface area contributed by atoms with Crippen LogP contribution in [0.1, 0.15) is 5.56 Å². The second-order valence-corrected chi connectivity index (χ2v) is 6.45. The molecule has 2 amide bonds. The van der Waals surface area contributed by atoms with E-state index in [9.17, 15) is 9.59 Å². The van der Waals surface area contributed by atoms with E-state index in [1.807, 2.05) is 42.2 Å². The summed E-state index contributed by atoms with van der Waals surface area (Å²) in [4.78, 5) is 34.6. The van der Waals surface area contributed by atoms with Gasteiger partial charge in [-0.15, -0.1) is 0 Å². The number of hydrogen-bond donors (Lipinski definition) is 1. The third kappa shape index (κ3) is 5.28. The van der Waals surface area contributed by atoms with E-state index in [0.29, 0.717) is 32.7 Å². The van der Waals surface area contributed by atoms with E-state index < -0.39 is 0 Å². The fourth-order valence-electron chi connectivity index (χ4n) is 2.96. The number of carbonyl (C=O) groups is 2. The van der Waals surface area contributed by atoms with Crippen molar-refractivity contribution >= 4 is 11.8 Å². The van der Waals surface area contributed by atoms with Gasteiger partial charge in [-0.25, -0.2) is 0 Å². The Morgan fingerprint density at radius 2 is 2.17 bits per heavy atom. The molecule has 1 aromatic heterocycles. The molecule has 2 heterocycles. The highest BCUT2D eigenvalue weighted by molar-refractivity contribution is 5.81. The largest absolute Gasteiger partial charge is 0.359 e. The van der Waals surface area contributed by atoms with Gasteiger partial charge in [-0.3, -0.25) is 19.5 Å². The molecule has 24 heavy (non-hydrogen) atoms. The standard InChI is InChI=1S/C17H27N5O2/c1-18-17(24)15-11-20(2)7-8-22(12-15)16(23)13-21(3)10-14-5-4-6-19-9-14/h4-6,9,15H,7-8,10-13H2,1-3H3,(H,18,24). The number of pyridine rings is 1. The van der Waals surface area contributed by atoms with E-state index in [1.165, 1.54) is 0 Å². The van der Waals surface area contributed by atoms with Crippen LogP contribution in [0.25, 0.3) is 0 Å². The van der Waals surface area contributed by atoms with Gasteiger partial charge in [-0.1, -0.05) is 6.07 Å². The number of rotatable bonds is 5. The summed E-state index contributed by atoms with van der Waals surface area (Å²) in [5.41, 5.74) is 1.08. The van der Waals surface area contributed by atoms with Crippen molar-refractivity contribution in [1.29, 1.82) is 0 Å². The molecule has 0 spiro atoms. The van der Waals surface area contributed by atoms with Crippen LogP contribution in [0.5, 0.6) is 0 Å². The predicted molar refractivity (Wildman–Crippen MR) is 92.2 cm³/mol. The lowest BCUT2D eigenvalue weighted by molar-refractivity contribution is -0.133. The maximum atomic E-state index is 12.6. The third-order valence-electron chi connectivity index (χ3n) is 4.27. The predicted octanol–water partition coefficient (Wildman–Crippen LogP) is -0.350. The van der Waals surface area contributed by atoms with Crippen LogP contribution >= 0.6 is 0 Å². The van der Waals surface area contributed by atoms with E-state index in [-0.39, 0.29) is 17.7 Å². The van der Waals surface area contributed by atoms with Crippen LogP contribution in [-0.4, -0.2) is 85.4 Å². The molecule has 1 aliphatic rings. The molecule has 0 aliphatic carbocycles. The second kappa shape index (κ2) is 8.75. The summed E-state index contributed by atoms with van der Waals surface area (Å²) in [6, 6.07) is 3.89. The highest BCUT2D eigenvalue weighted by Gasteiger charge is 2.28. The minimum Gasteiger partial charge on any atom is -0.359 e. The lowest BCUT2D eigenvalue weighted by Crippen LogP contribution is -2.44. The van der Waals surface area contributed by atoms with Crippen molar-refractivity contribution in [2.24, 2.45) is 5.92 Å². The number of nitrogens with one attached hydrogen (secondary N) is 1. The van der Waals surface area contributed by atoms with Gasteiger partial charge in [0.1, 0.15) is 0 Å². The Morgan fingerprint density at radius 3 is 2.83 bits per heavy atom. The minimum absolute atomic E-state index is 0.00901. The molecular formula is C17H27N5O2. The van der Waals surface area contributed by atoms with Crippen molar-refractivity contribution in [3.63, 3.8) is 0 Å². The van der Waals surface area contributed by atoms with E-state index in [2.05, 4.69) is 15.2 Å². The molecule has 1 aliphatic heterocycles. The van der Waals surface area contributed by atoms with Crippen LogP contribution in [0, 0.1) is 5.92 Å². The maximum Gasteiger partial charge on any atom is 0.236 e. The zero-order valence-corrected chi connectivity index (χ0v) is 14.7. The summed E-state index contributed by atoms with van der Waals surface area (Å²) in [6.07, 6.45) is 3.55. The van der Waals surface area contributed by atoms with E-state index in [1.54, 1.807) is 13.2 Å². The van der Waals surface area contributed by atoms with Gasteiger partial charge in [0.05, 0.1) is 12.5 Å². The molecule has 0 aromatic carbocycles. The number of carbonyl (C=O) groups excluding carboxylic acids is 2. The van der Waals surface area contributed by atoms with Gasteiger partial charge < -0.3 is 15.1 Å². The van der Waals surface area contributed by atoms with Crippen LogP contribution in [0.15, 0.2) is 24.5 Å². The Kier molecular flexibility index (Phi) is 6.69. The molecule has 132 valence electrons. The Balaban J connectivity index is 1.93. The summed E-state index contributed by atoms with van der Waals surface area (Å²) in [6.45, 7) is 3.60. The molecule has 1 N–H and O–H groups in total. The normalized spacial score (nSPS) is 19.2. The number of amides is 2. The Bertz CT molecular complexity index is 551. The Labute approximate surface area is 143 Å². The molecule has 0 radical (unpaired) electrons. The topological polar surface area (TPSA) is 68.8 Å². The van der Waals surface area contributed by atoms with Gasteiger partial charge in [-0.05, 0) is 25.7 Å². The molecule has 0 bridgehead atoms. The lowest BCUT2D eigenvalue weighted by atomic mass is 10.1. The first-order valence-electron chi connectivity index (χ1n) is 8.25. The van der Waals surface area contributed by atoms with Gasteiger partial charge in [0.2, 0.25) is 11.8 Å². The van der Waals surface area contributed by atoms with Gasteiger partial charge in [0.15, 0.2) is 0 Å². The second-order valence-electron chi connectivity index (χ2n) is 6.45. The van der Waals surface area contributed by atoms with Gasteiger partial charge in [-0.2, -0.15) is 0 Å². The molecule has 2 rings (SSSR count). The summed E-state index contributed by atoms with van der Waals surface area (Å²) in [7, 11) is 5.55. The van der Waals surface area contributed by atoms with Crippen molar-refractivity contribution in [1.82, 2.24) is 25.0 Å². The summed E-state index contributed by atoms with van der Waals surface area (Å²) < 4.78 is 0. The van der Waals surface area contributed by atoms with Crippen molar-refractivity contribution in [3.8, 4) is 0 Å². The molecular weight excluding hydrogens is 306 g/mol.